The molecule has 0 aliphatic carbocycles. The lowest BCUT2D eigenvalue weighted by molar-refractivity contribution is -0.146. The van der Waals surface area contributed by atoms with Gasteiger partial charge in [-0.15, -0.1) is 0 Å². The second kappa shape index (κ2) is 19.7. The van der Waals surface area contributed by atoms with Gasteiger partial charge in [-0.3, -0.25) is 9.59 Å². The van der Waals surface area contributed by atoms with Crippen LogP contribution in [0.3, 0.4) is 0 Å². The fourth-order valence-electron chi connectivity index (χ4n) is 2.47. The SMILES string of the molecule is CC=CCCCCCOC(=O)CCCCC(=O)OCCCCCC=CC. The van der Waals surface area contributed by atoms with Crippen LogP contribution in [-0.4, -0.2) is 25.2 Å². The van der Waals surface area contributed by atoms with Gasteiger partial charge in [0.25, 0.3) is 0 Å². The van der Waals surface area contributed by atoms with Gasteiger partial charge in [0, 0.05) is 12.8 Å². The summed E-state index contributed by atoms with van der Waals surface area (Å²) in [5.41, 5.74) is 0. The quantitative estimate of drug-likeness (QED) is 0.182. The largest absolute Gasteiger partial charge is 0.466 e. The lowest BCUT2D eigenvalue weighted by Gasteiger charge is -2.06. The van der Waals surface area contributed by atoms with Gasteiger partial charge in [0.15, 0.2) is 0 Å². The molecule has 0 bridgehead atoms. The average Bonchev–Trinajstić information content (AvgIpc) is 2.64. The van der Waals surface area contributed by atoms with Crippen molar-refractivity contribution in [3.63, 3.8) is 0 Å². The van der Waals surface area contributed by atoms with E-state index in [9.17, 15) is 9.59 Å². The Kier molecular flexibility index (Phi) is 18.5. The second-order valence-corrected chi connectivity index (χ2v) is 6.48. The molecule has 26 heavy (non-hydrogen) atoms. The summed E-state index contributed by atoms with van der Waals surface area (Å²) in [6.45, 7) is 5.06. The minimum Gasteiger partial charge on any atom is -0.466 e. The van der Waals surface area contributed by atoms with E-state index >= 15 is 0 Å². The van der Waals surface area contributed by atoms with Crippen molar-refractivity contribution in [1.29, 1.82) is 0 Å². The van der Waals surface area contributed by atoms with Crippen molar-refractivity contribution in [2.24, 2.45) is 0 Å². The van der Waals surface area contributed by atoms with Gasteiger partial charge in [-0.2, -0.15) is 0 Å². The zero-order chi connectivity index (χ0) is 19.3. The lowest BCUT2D eigenvalue weighted by Crippen LogP contribution is -2.08. The molecule has 0 aromatic rings. The van der Waals surface area contributed by atoms with Gasteiger partial charge in [-0.1, -0.05) is 24.3 Å². The van der Waals surface area contributed by atoms with E-state index in [1.165, 1.54) is 0 Å². The summed E-state index contributed by atoms with van der Waals surface area (Å²) in [5, 5.41) is 0. The van der Waals surface area contributed by atoms with Crippen LogP contribution in [0.5, 0.6) is 0 Å². The van der Waals surface area contributed by atoms with Crippen LogP contribution in [0.4, 0.5) is 0 Å². The molecule has 0 aliphatic rings. The molecule has 0 radical (unpaired) electrons. The summed E-state index contributed by atoms with van der Waals surface area (Å²) < 4.78 is 10.4. The molecule has 0 amide bonds. The topological polar surface area (TPSA) is 52.6 Å². The Morgan fingerprint density at radius 1 is 0.615 bits per heavy atom. The normalized spacial score (nSPS) is 11.3. The fourth-order valence-corrected chi connectivity index (χ4v) is 2.47. The van der Waals surface area contributed by atoms with E-state index in [2.05, 4.69) is 24.3 Å². The molecule has 0 unspecified atom stereocenters. The Bertz CT molecular complexity index is 361. The van der Waals surface area contributed by atoms with E-state index in [0.29, 0.717) is 38.9 Å². The lowest BCUT2D eigenvalue weighted by atomic mass is 10.2. The Hall–Kier alpha value is -1.58. The third kappa shape index (κ3) is 18.8. The minimum absolute atomic E-state index is 0.159. The van der Waals surface area contributed by atoms with Crippen LogP contribution in [0, 0.1) is 0 Å². The maximum absolute atomic E-state index is 11.6. The van der Waals surface area contributed by atoms with Crippen molar-refractivity contribution >= 4 is 11.9 Å². The molecule has 150 valence electrons. The third-order valence-electron chi connectivity index (χ3n) is 4.04. The zero-order valence-electron chi connectivity index (χ0n) is 16.8. The molecule has 4 nitrogen and oxygen atoms in total. The van der Waals surface area contributed by atoms with Gasteiger partial charge in [-0.05, 0) is 78.1 Å². The summed E-state index contributed by atoms with van der Waals surface area (Å²) in [7, 11) is 0. The maximum atomic E-state index is 11.6. The summed E-state index contributed by atoms with van der Waals surface area (Å²) in [5.74, 6) is -0.319. The summed E-state index contributed by atoms with van der Waals surface area (Å²) in [6.07, 6.45) is 19.0. The molecule has 0 heterocycles. The average molecular weight is 367 g/mol. The number of esters is 2. The summed E-state index contributed by atoms with van der Waals surface area (Å²) in [4.78, 5) is 23.2. The number of ether oxygens (including phenoxy) is 2. The number of rotatable bonds is 17. The molecule has 0 aliphatic heterocycles. The first-order valence-corrected chi connectivity index (χ1v) is 10.2. The van der Waals surface area contributed by atoms with Crippen molar-refractivity contribution in [2.75, 3.05) is 13.2 Å². The third-order valence-corrected chi connectivity index (χ3v) is 4.04. The minimum atomic E-state index is -0.159. The van der Waals surface area contributed by atoms with Crippen molar-refractivity contribution < 1.29 is 19.1 Å². The molecule has 0 fully saturated rings. The first-order chi connectivity index (χ1) is 12.7. The molecule has 4 heteroatoms. The van der Waals surface area contributed by atoms with E-state index in [-0.39, 0.29) is 11.9 Å². The van der Waals surface area contributed by atoms with E-state index < -0.39 is 0 Å². The molecule has 0 rings (SSSR count). The van der Waals surface area contributed by atoms with Crippen LogP contribution in [0.15, 0.2) is 24.3 Å². The van der Waals surface area contributed by atoms with Gasteiger partial charge in [-0.25, -0.2) is 0 Å². The highest BCUT2D eigenvalue weighted by molar-refractivity contribution is 5.70. The number of carbonyl (C=O) groups excluding carboxylic acids is 2. The van der Waals surface area contributed by atoms with Crippen molar-refractivity contribution in [3.05, 3.63) is 24.3 Å². The number of unbranched alkanes of at least 4 members (excludes halogenated alkanes) is 7. The van der Waals surface area contributed by atoms with E-state index in [1.54, 1.807) is 0 Å². The molecule has 0 saturated carbocycles. The van der Waals surface area contributed by atoms with Gasteiger partial charge in [0.2, 0.25) is 0 Å². The highest BCUT2D eigenvalue weighted by Gasteiger charge is 2.06. The van der Waals surface area contributed by atoms with Crippen LogP contribution < -0.4 is 0 Å². The van der Waals surface area contributed by atoms with Crippen molar-refractivity contribution in [3.8, 4) is 0 Å². The number of carbonyl (C=O) groups is 2. The number of allylic oxidation sites excluding steroid dienone is 4. The van der Waals surface area contributed by atoms with Gasteiger partial charge in [0.05, 0.1) is 13.2 Å². The Morgan fingerprint density at radius 2 is 1.04 bits per heavy atom. The van der Waals surface area contributed by atoms with Gasteiger partial charge < -0.3 is 9.47 Å². The molecule has 0 saturated heterocycles. The number of hydrogen-bond acceptors (Lipinski definition) is 4. The highest BCUT2D eigenvalue weighted by atomic mass is 16.5. The molecule has 0 atom stereocenters. The summed E-state index contributed by atoms with van der Waals surface area (Å²) >= 11 is 0. The van der Waals surface area contributed by atoms with E-state index in [4.69, 9.17) is 9.47 Å². The number of hydrogen-bond donors (Lipinski definition) is 0. The highest BCUT2D eigenvalue weighted by Crippen LogP contribution is 2.06. The second-order valence-electron chi connectivity index (χ2n) is 6.48. The Labute approximate surface area is 160 Å². The van der Waals surface area contributed by atoms with Crippen LogP contribution in [0.2, 0.25) is 0 Å². The smallest absolute Gasteiger partial charge is 0.305 e. The van der Waals surface area contributed by atoms with Crippen LogP contribution in [0.25, 0.3) is 0 Å². The molecule has 0 aromatic carbocycles. The van der Waals surface area contributed by atoms with Crippen LogP contribution in [0.1, 0.15) is 90.9 Å². The Morgan fingerprint density at radius 3 is 1.42 bits per heavy atom. The van der Waals surface area contributed by atoms with E-state index in [1.807, 2.05) is 13.8 Å². The maximum Gasteiger partial charge on any atom is 0.305 e. The van der Waals surface area contributed by atoms with Crippen molar-refractivity contribution in [1.82, 2.24) is 0 Å². The molecule has 0 aromatic heterocycles. The first-order valence-electron chi connectivity index (χ1n) is 10.2. The van der Waals surface area contributed by atoms with E-state index in [0.717, 1.165) is 51.4 Å². The molecule has 0 N–H and O–H groups in total. The summed E-state index contributed by atoms with van der Waals surface area (Å²) in [6, 6.07) is 0. The predicted molar refractivity (Wildman–Crippen MR) is 107 cm³/mol. The molecular formula is C22H38O4. The van der Waals surface area contributed by atoms with Gasteiger partial charge in [0.1, 0.15) is 0 Å². The standard InChI is InChI=1S/C22H38O4/c1-3-5-7-9-11-15-19-25-21(23)17-13-14-18-22(24)26-20-16-12-10-8-6-4-2/h3-6H,7-20H2,1-2H3. The molecule has 0 spiro atoms. The molecular weight excluding hydrogens is 328 g/mol. The Balaban J connectivity index is 3.36. The monoisotopic (exact) mass is 366 g/mol. The zero-order valence-corrected chi connectivity index (χ0v) is 16.8. The fraction of sp³-hybridized carbons (Fsp3) is 0.727. The first kappa shape index (κ1) is 24.4. The van der Waals surface area contributed by atoms with Crippen LogP contribution in [-0.2, 0) is 19.1 Å². The van der Waals surface area contributed by atoms with Gasteiger partial charge >= 0.3 is 11.9 Å². The predicted octanol–water partition coefficient (Wildman–Crippen LogP) is 5.91. The van der Waals surface area contributed by atoms with Crippen LogP contribution >= 0.6 is 0 Å². The van der Waals surface area contributed by atoms with Crippen molar-refractivity contribution in [2.45, 2.75) is 90.9 Å².